The third-order valence-corrected chi connectivity index (χ3v) is 2.41. The van der Waals surface area contributed by atoms with Crippen LogP contribution in [0.5, 0.6) is 5.75 Å². The van der Waals surface area contributed by atoms with Crippen LogP contribution in [-0.2, 0) is 9.47 Å². The monoisotopic (exact) mass is 268 g/mol. The van der Waals surface area contributed by atoms with Gasteiger partial charge in [-0.05, 0) is 32.9 Å². The van der Waals surface area contributed by atoms with Crippen molar-refractivity contribution in [2.24, 2.45) is 0 Å². The Hall–Kier alpha value is -1.10. The molecular weight excluding hydrogens is 244 g/mol. The third-order valence-electron chi connectivity index (χ3n) is 2.41. The molecule has 0 bridgehead atoms. The Bertz CT molecular complexity index is 326. The standard InChI is InChI=1S/C15H24O4/c1-12(16)9-18-13(2)10-17-11-14(3)19-15-7-5-4-6-8-15/h4-8,12-14,16H,9-11H2,1-3H3. The van der Waals surface area contributed by atoms with E-state index in [0.717, 1.165) is 5.75 Å². The van der Waals surface area contributed by atoms with Crippen LogP contribution in [0.1, 0.15) is 20.8 Å². The van der Waals surface area contributed by atoms with Crippen LogP contribution in [0.15, 0.2) is 30.3 Å². The second-order valence-corrected chi connectivity index (χ2v) is 4.77. The fourth-order valence-corrected chi connectivity index (χ4v) is 1.52. The first-order chi connectivity index (χ1) is 9.08. The number of hydrogen-bond acceptors (Lipinski definition) is 4. The summed E-state index contributed by atoms with van der Waals surface area (Å²) in [6, 6.07) is 9.68. The van der Waals surface area contributed by atoms with Crippen molar-refractivity contribution < 1.29 is 19.3 Å². The molecule has 4 heteroatoms. The van der Waals surface area contributed by atoms with E-state index in [2.05, 4.69) is 0 Å². The van der Waals surface area contributed by atoms with Crippen LogP contribution >= 0.6 is 0 Å². The highest BCUT2D eigenvalue weighted by atomic mass is 16.6. The molecule has 108 valence electrons. The van der Waals surface area contributed by atoms with E-state index in [0.29, 0.717) is 19.8 Å². The molecule has 0 heterocycles. The van der Waals surface area contributed by atoms with Gasteiger partial charge in [0.1, 0.15) is 11.9 Å². The van der Waals surface area contributed by atoms with Crippen LogP contribution in [-0.4, -0.2) is 43.2 Å². The third kappa shape index (κ3) is 7.82. The Morgan fingerprint density at radius 3 is 2.21 bits per heavy atom. The van der Waals surface area contributed by atoms with E-state index in [9.17, 15) is 0 Å². The minimum atomic E-state index is -0.442. The van der Waals surface area contributed by atoms with Crippen LogP contribution in [0.3, 0.4) is 0 Å². The lowest BCUT2D eigenvalue weighted by atomic mass is 10.3. The molecule has 1 aromatic rings. The highest BCUT2D eigenvalue weighted by molar-refractivity contribution is 5.21. The van der Waals surface area contributed by atoms with E-state index in [-0.39, 0.29) is 12.2 Å². The van der Waals surface area contributed by atoms with Gasteiger partial charge >= 0.3 is 0 Å². The summed E-state index contributed by atoms with van der Waals surface area (Å²) < 4.78 is 16.6. The van der Waals surface area contributed by atoms with Crippen molar-refractivity contribution >= 4 is 0 Å². The number of aliphatic hydroxyl groups is 1. The molecule has 0 amide bonds. The van der Waals surface area contributed by atoms with Gasteiger partial charge in [0.2, 0.25) is 0 Å². The van der Waals surface area contributed by atoms with Crippen LogP contribution in [0, 0.1) is 0 Å². The first-order valence-electron chi connectivity index (χ1n) is 6.67. The van der Waals surface area contributed by atoms with E-state index in [4.69, 9.17) is 19.3 Å². The largest absolute Gasteiger partial charge is 0.488 e. The average Bonchev–Trinajstić information content (AvgIpc) is 2.37. The molecule has 0 saturated carbocycles. The lowest BCUT2D eigenvalue weighted by Gasteiger charge is -2.18. The molecule has 0 aliphatic carbocycles. The molecule has 0 fully saturated rings. The van der Waals surface area contributed by atoms with Crippen LogP contribution < -0.4 is 4.74 Å². The number of para-hydroxylation sites is 1. The Kier molecular flexibility index (Phi) is 7.48. The molecule has 0 saturated heterocycles. The van der Waals surface area contributed by atoms with Gasteiger partial charge in [0.05, 0.1) is 32.0 Å². The smallest absolute Gasteiger partial charge is 0.119 e. The van der Waals surface area contributed by atoms with E-state index in [1.165, 1.54) is 0 Å². The zero-order valence-corrected chi connectivity index (χ0v) is 11.9. The summed E-state index contributed by atoms with van der Waals surface area (Å²) in [5, 5.41) is 9.09. The van der Waals surface area contributed by atoms with Gasteiger partial charge in [0.25, 0.3) is 0 Å². The fourth-order valence-electron chi connectivity index (χ4n) is 1.52. The molecular formula is C15H24O4. The number of hydrogen-bond donors (Lipinski definition) is 1. The van der Waals surface area contributed by atoms with Crippen LogP contribution in [0.2, 0.25) is 0 Å². The number of benzene rings is 1. The van der Waals surface area contributed by atoms with Crippen LogP contribution in [0.4, 0.5) is 0 Å². The van der Waals surface area contributed by atoms with E-state index >= 15 is 0 Å². The molecule has 3 unspecified atom stereocenters. The van der Waals surface area contributed by atoms with E-state index in [1.54, 1.807) is 6.92 Å². The minimum Gasteiger partial charge on any atom is -0.488 e. The normalized spacial score (nSPS) is 15.8. The molecule has 1 rings (SSSR count). The maximum absolute atomic E-state index is 9.09. The maximum Gasteiger partial charge on any atom is 0.119 e. The van der Waals surface area contributed by atoms with Gasteiger partial charge < -0.3 is 19.3 Å². The fraction of sp³-hybridized carbons (Fsp3) is 0.600. The maximum atomic E-state index is 9.09. The average molecular weight is 268 g/mol. The Balaban J connectivity index is 2.11. The van der Waals surface area contributed by atoms with Crippen molar-refractivity contribution in [3.63, 3.8) is 0 Å². The highest BCUT2D eigenvalue weighted by Crippen LogP contribution is 2.10. The number of ether oxygens (including phenoxy) is 3. The summed E-state index contributed by atoms with van der Waals surface area (Å²) >= 11 is 0. The van der Waals surface area contributed by atoms with Gasteiger partial charge in [0.15, 0.2) is 0 Å². The van der Waals surface area contributed by atoms with Gasteiger partial charge in [0, 0.05) is 0 Å². The molecule has 0 spiro atoms. The lowest BCUT2D eigenvalue weighted by molar-refractivity contribution is -0.0468. The summed E-state index contributed by atoms with van der Waals surface area (Å²) in [6.45, 7) is 6.93. The van der Waals surface area contributed by atoms with E-state index in [1.807, 2.05) is 44.2 Å². The highest BCUT2D eigenvalue weighted by Gasteiger charge is 2.08. The van der Waals surface area contributed by atoms with Gasteiger partial charge in [-0.25, -0.2) is 0 Å². The summed E-state index contributed by atoms with van der Waals surface area (Å²) in [7, 11) is 0. The van der Waals surface area contributed by atoms with Crippen molar-refractivity contribution in [2.75, 3.05) is 19.8 Å². The molecule has 1 aromatic carbocycles. The first-order valence-corrected chi connectivity index (χ1v) is 6.67. The molecule has 3 atom stereocenters. The lowest BCUT2D eigenvalue weighted by Crippen LogP contribution is -2.25. The topological polar surface area (TPSA) is 47.9 Å². The number of aliphatic hydroxyl groups excluding tert-OH is 1. The molecule has 0 aliphatic rings. The van der Waals surface area contributed by atoms with Gasteiger partial charge in [-0.2, -0.15) is 0 Å². The summed E-state index contributed by atoms with van der Waals surface area (Å²) in [5.74, 6) is 0.844. The Morgan fingerprint density at radius 1 is 0.947 bits per heavy atom. The summed E-state index contributed by atoms with van der Waals surface area (Å²) in [6.07, 6.45) is -0.479. The van der Waals surface area contributed by atoms with Crippen molar-refractivity contribution in [1.29, 1.82) is 0 Å². The quantitative estimate of drug-likeness (QED) is 0.746. The van der Waals surface area contributed by atoms with Gasteiger partial charge in [-0.15, -0.1) is 0 Å². The van der Waals surface area contributed by atoms with Gasteiger partial charge in [-0.1, -0.05) is 18.2 Å². The zero-order chi connectivity index (χ0) is 14.1. The first kappa shape index (κ1) is 16.0. The Morgan fingerprint density at radius 2 is 1.58 bits per heavy atom. The molecule has 0 radical (unpaired) electrons. The zero-order valence-electron chi connectivity index (χ0n) is 11.9. The predicted octanol–water partition coefficient (Wildman–Crippen LogP) is 2.26. The second-order valence-electron chi connectivity index (χ2n) is 4.77. The van der Waals surface area contributed by atoms with Gasteiger partial charge in [-0.3, -0.25) is 0 Å². The van der Waals surface area contributed by atoms with Crippen molar-refractivity contribution in [1.82, 2.24) is 0 Å². The van der Waals surface area contributed by atoms with E-state index < -0.39 is 6.10 Å². The second kappa shape index (κ2) is 8.91. The SMILES string of the molecule is CC(O)COC(C)COCC(C)Oc1ccccc1. The van der Waals surface area contributed by atoms with Crippen molar-refractivity contribution in [3.8, 4) is 5.75 Å². The molecule has 19 heavy (non-hydrogen) atoms. The van der Waals surface area contributed by atoms with Crippen molar-refractivity contribution in [3.05, 3.63) is 30.3 Å². The molecule has 1 N–H and O–H groups in total. The predicted molar refractivity (Wildman–Crippen MR) is 74.4 cm³/mol. The Labute approximate surface area is 115 Å². The summed E-state index contributed by atoms with van der Waals surface area (Å²) in [4.78, 5) is 0. The van der Waals surface area contributed by atoms with Crippen molar-refractivity contribution in [2.45, 2.75) is 39.1 Å². The minimum absolute atomic E-state index is 0.00799. The molecule has 4 nitrogen and oxygen atoms in total. The molecule has 0 aliphatic heterocycles. The molecule has 0 aromatic heterocycles. The number of rotatable bonds is 9. The summed E-state index contributed by atoms with van der Waals surface area (Å²) in [5.41, 5.74) is 0. The van der Waals surface area contributed by atoms with Crippen LogP contribution in [0.25, 0.3) is 0 Å².